The largest absolute Gasteiger partial charge is 0.326 e. The van der Waals surface area contributed by atoms with E-state index in [1.165, 1.54) is 17.3 Å². The van der Waals surface area contributed by atoms with Crippen LogP contribution in [0.4, 0.5) is 5.69 Å². The molecule has 0 bridgehead atoms. The second kappa shape index (κ2) is 7.71. The minimum atomic E-state index is -0.0131. The van der Waals surface area contributed by atoms with Crippen LogP contribution in [-0.2, 0) is 17.6 Å². The number of nitrogens with zero attached hydrogens (tertiary/aromatic N) is 2. The third kappa shape index (κ3) is 4.21. The van der Waals surface area contributed by atoms with Crippen LogP contribution in [0.1, 0.15) is 40.8 Å². The summed E-state index contributed by atoms with van der Waals surface area (Å²) in [6.07, 6.45) is 3.50. The molecule has 0 saturated heterocycles. The average molecular weight is 351 g/mol. The molecule has 0 fully saturated rings. The molecule has 3 rings (SSSR count). The molecule has 1 aromatic heterocycles. The zero-order valence-electron chi connectivity index (χ0n) is 14.6. The van der Waals surface area contributed by atoms with E-state index >= 15 is 0 Å². The number of thioether (sulfide) groups is 1. The Morgan fingerprint density at radius 2 is 2.16 bits per heavy atom. The van der Waals surface area contributed by atoms with Gasteiger partial charge >= 0.3 is 0 Å². The van der Waals surface area contributed by atoms with Gasteiger partial charge in [-0.2, -0.15) is 5.26 Å². The highest BCUT2D eigenvalue weighted by Crippen LogP contribution is 2.28. The molecule has 4 nitrogen and oxygen atoms in total. The van der Waals surface area contributed by atoms with E-state index in [2.05, 4.69) is 16.4 Å². The first kappa shape index (κ1) is 17.5. The van der Waals surface area contributed by atoms with Gasteiger partial charge in [0.15, 0.2) is 0 Å². The molecule has 0 radical (unpaired) electrons. The van der Waals surface area contributed by atoms with Crippen molar-refractivity contribution in [2.24, 2.45) is 0 Å². The Labute approximate surface area is 152 Å². The van der Waals surface area contributed by atoms with Gasteiger partial charge in [-0.15, -0.1) is 11.8 Å². The van der Waals surface area contributed by atoms with Gasteiger partial charge in [0.05, 0.1) is 5.56 Å². The number of anilines is 1. The lowest BCUT2D eigenvalue weighted by molar-refractivity contribution is -0.115. The summed E-state index contributed by atoms with van der Waals surface area (Å²) < 4.78 is 0. The van der Waals surface area contributed by atoms with Gasteiger partial charge in [0.2, 0.25) is 5.91 Å². The number of nitriles is 1. The van der Waals surface area contributed by atoms with E-state index in [1.807, 2.05) is 38.1 Å². The molecule has 25 heavy (non-hydrogen) atoms. The molecule has 1 heterocycles. The average Bonchev–Trinajstić information content (AvgIpc) is 3.04. The van der Waals surface area contributed by atoms with Gasteiger partial charge in [-0.05, 0) is 61.9 Å². The van der Waals surface area contributed by atoms with Crippen LogP contribution in [0.2, 0.25) is 0 Å². The summed E-state index contributed by atoms with van der Waals surface area (Å²) in [4.78, 5) is 16.8. The highest BCUT2D eigenvalue weighted by Gasteiger charge is 2.17. The molecule has 0 atom stereocenters. The first-order valence-corrected chi connectivity index (χ1v) is 9.48. The summed E-state index contributed by atoms with van der Waals surface area (Å²) in [7, 11) is 0. The summed E-state index contributed by atoms with van der Waals surface area (Å²) >= 11 is 1.49. The molecule has 2 aromatic rings. The van der Waals surface area contributed by atoms with Crippen LogP contribution in [0, 0.1) is 25.2 Å². The fourth-order valence-corrected chi connectivity index (χ4v) is 3.88. The third-order valence-electron chi connectivity index (χ3n) is 4.37. The van der Waals surface area contributed by atoms with E-state index in [9.17, 15) is 10.1 Å². The molecule has 0 saturated carbocycles. The van der Waals surface area contributed by atoms with Crippen molar-refractivity contribution in [1.82, 2.24) is 4.98 Å². The molecule has 1 N–H and O–H groups in total. The number of rotatable bonds is 5. The van der Waals surface area contributed by atoms with Crippen LogP contribution < -0.4 is 5.32 Å². The van der Waals surface area contributed by atoms with Gasteiger partial charge in [0.1, 0.15) is 11.1 Å². The molecular weight excluding hydrogens is 330 g/mol. The first-order valence-electron chi connectivity index (χ1n) is 8.49. The Hall–Kier alpha value is -2.32. The number of fused-ring (bicyclic) bond motifs is 1. The predicted molar refractivity (Wildman–Crippen MR) is 101 cm³/mol. The van der Waals surface area contributed by atoms with E-state index < -0.39 is 0 Å². The number of aromatic nitrogens is 1. The Balaban J connectivity index is 1.59. The molecule has 0 unspecified atom stereocenters. The highest BCUT2D eigenvalue weighted by atomic mass is 32.2. The van der Waals surface area contributed by atoms with E-state index in [4.69, 9.17) is 0 Å². The number of aryl methyl sites for hydroxylation is 4. The van der Waals surface area contributed by atoms with E-state index in [0.717, 1.165) is 46.8 Å². The van der Waals surface area contributed by atoms with E-state index in [-0.39, 0.29) is 5.91 Å². The van der Waals surface area contributed by atoms with Crippen molar-refractivity contribution < 1.29 is 4.79 Å². The van der Waals surface area contributed by atoms with Crippen molar-refractivity contribution in [3.63, 3.8) is 0 Å². The Bertz CT molecular complexity index is 855. The van der Waals surface area contributed by atoms with Crippen LogP contribution >= 0.6 is 11.8 Å². The van der Waals surface area contributed by atoms with Crippen LogP contribution in [0.15, 0.2) is 29.3 Å². The van der Waals surface area contributed by atoms with Crippen LogP contribution in [0.5, 0.6) is 0 Å². The van der Waals surface area contributed by atoms with Gasteiger partial charge in [0, 0.05) is 23.6 Å². The fourth-order valence-electron chi connectivity index (χ4n) is 2.97. The van der Waals surface area contributed by atoms with Crippen molar-refractivity contribution >= 4 is 23.4 Å². The number of benzene rings is 1. The highest BCUT2D eigenvalue weighted by molar-refractivity contribution is 7.99. The number of amides is 1. The number of pyridine rings is 1. The quantitative estimate of drug-likeness (QED) is 0.821. The summed E-state index contributed by atoms with van der Waals surface area (Å²) in [5.74, 6) is 0.595. The first-order chi connectivity index (χ1) is 12.1. The number of hydrogen-bond donors (Lipinski definition) is 1. The standard InChI is InChI=1S/C20H21N3OS/c1-13-6-7-14(2)18(10-13)22-19(24)8-9-25-20-16(12-21)11-15-4-3-5-17(15)23-20/h6-7,10-11H,3-5,8-9H2,1-2H3,(H,22,24). The summed E-state index contributed by atoms with van der Waals surface area (Å²) in [6.45, 7) is 3.99. The van der Waals surface area contributed by atoms with Crippen molar-refractivity contribution in [3.8, 4) is 6.07 Å². The molecular formula is C20H21N3OS. The maximum Gasteiger partial charge on any atom is 0.225 e. The number of carbonyl (C=O) groups excluding carboxylic acids is 1. The SMILES string of the molecule is Cc1ccc(C)c(NC(=O)CCSc2nc3c(cc2C#N)CCC3)c1. The minimum absolute atomic E-state index is 0.0131. The maximum atomic E-state index is 12.2. The Kier molecular flexibility index (Phi) is 5.40. The normalized spacial score (nSPS) is 12.5. The van der Waals surface area contributed by atoms with E-state index in [1.54, 1.807) is 0 Å². The zero-order valence-corrected chi connectivity index (χ0v) is 15.4. The molecule has 1 amide bonds. The second-order valence-corrected chi connectivity index (χ2v) is 7.46. The molecule has 1 aliphatic rings. The van der Waals surface area contributed by atoms with E-state index in [0.29, 0.717) is 17.7 Å². The van der Waals surface area contributed by atoms with Gasteiger partial charge < -0.3 is 5.32 Å². The number of hydrogen-bond acceptors (Lipinski definition) is 4. The maximum absolute atomic E-state index is 12.2. The lowest BCUT2D eigenvalue weighted by Crippen LogP contribution is -2.13. The Morgan fingerprint density at radius 1 is 1.32 bits per heavy atom. The molecule has 0 spiro atoms. The summed E-state index contributed by atoms with van der Waals surface area (Å²) in [5, 5.41) is 13.0. The molecule has 0 aliphatic heterocycles. The third-order valence-corrected chi connectivity index (χ3v) is 5.36. The topological polar surface area (TPSA) is 65.8 Å². The lowest BCUT2D eigenvalue weighted by atomic mass is 10.1. The lowest BCUT2D eigenvalue weighted by Gasteiger charge is -2.10. The smallest absolute Gasteiger partial charge is 0.225 e. The number of nitrogens with one attached hydrogen (secondary N) is 1. The molecule has 128 valence electrons. The van der Waals surface area contributed by atoms with Crippen LogP contribution in [0.3, 0.4) is 0 Å². The monoisotopic (exact) mass is 351 g/mol. The van der Waals surface area contributed by atoms with Crippen molar-refractivity contribution in [2.45, 2.75) is 44.6 Å². The summed E-state index contributed by atoms with van der Waals surface area (Å²) in [6, 6.07) is 10.2. The molecule has 1 aliphatic carbocycles. The summed E-state index contributed by atoms with van der Waals surface area (Å²) in [5.41, 5.74) is 5.98. The van der Waals surface area contributed by atoms with Crippen LogP contribution in [0.25, 0.3) is 0 Å². The number of carbonyl (C=O) groups is 1. The van der Waals surface area contributed by atoms with Crippen molar-refractivity contribution in [2.75, 3.05) is 11.1 Å². The fraction of sp³-hybridized carbons (Fsp3) is 0.350. The van der Waals surface area contributed by atoms with Crippen LogP contribution in [-0.4, -0.2) is 16.6 Å². The molecule has 1 aromatic carbocycles. The van der Waals surface area contributed by atoms with Gasteiger partial charge in [0.25, 0.3) is 0 Å². The van der Waals surface area contributed by atoms with Crippen molar-refractivity contribution in [1.29, 1.82) is 5.26 Å². The van der Waals surface area contributed by atoms with Crippen molar-refractivity contribution in [3.05, 3.63) is 52.2 Å². The predicted octanol–water partition coefficient (Wildman–Crippen LogP) is 4.18. The Morgan fingerprint density at radius 3 is 2.96 bits per heavy atom. The zero-order chi connectivity index (χ0) is 17.8. The second-order valence-electron chi connectivity index (χ2n) is 6.38. The minimum Gasteiger partial charge on any atom is -0.326 e. The van der Waals surface area contributed by atoms with Gasteiger partial charge in [-0.25, -0.2) is 4.98 Å². The van der Waals surface area contributed by atoms with Gasteiger partial charge in [-0.3, -0.25) is 4.79 Å². The molecule has 5 heteroatoms. The van der Waals surface area contributed by atoms with Gasteiger partial charge in [-0.1, -0.05) is 12.1 Å².